The summed E-state index contributed by atoms with van der Waals surface area (Å²) in [6.07, 6.45) is 9.51. The van der Waals surface area contributed by atoms with Gasteiger partial charge in [0, 0.05) is 5.69 Å². The van der Waals surface area contributed by atoms with E-state index in [1.165, 1.54) is 10.8 Å². The molecule has 0 atom stereocenters. The number of rotatable bonds is 2. The van der Waals surface area contributed by atoms with Gasteiger partial charge in [-0.15, -0.1) is 0 Å². The Morgan fingerprint density at radius 2 is 1.55 bits per heavy atom. The van der Waals surface area contributed by atoms with Crippen molar-refractivity contribution in [2.24, 2.45) is 0 Å². The van der Waals surface area contributed by atoms with Gasteiger partial charge in [-0.25, -0.2) is 0 Å². The molecule has 0 aromatic heterocycles. The summed E-state index contributed by atoms with van der Waals surface area (Å²) in [7, 11) is 0. The minimum absolute atomic E-state index is 0.823. The predicted octanol–water partition coefficient (Wildman–Crippen LogP) is 5.75. The normalized spacial score (nSPS) is 9.75. The van der Waals surface area contributed by atoms with E-state index in [9.17, 15) is 0 Å². The van der Waals surface area contributed by atoms with Crippen molar-refractivity contribution in [1.29, 1.82) is 0 Å². The lowest BCUT2D eigenvalue weighted by molar-refractivity contribution is 1.50. The van der Waals surface area contributed by atoms with E-state index < -0.39 is 0 Å². The van der Waals surface area contributed by atoms with Crippen LogP contribution in [0.3, 0.4) is 0 Å². The van der Waals surface area contributed by atoms with Gasteiger partial charge in [-0.3, -0.25) is 0 Å². The molecule has 0 amide bonds. The zero-order valence-corrected chi connectivity index (χ0v) is 12.7. The van der Waals surface area contributed by atoms with Gasteiger partial charge in [0.2, 0.25) is 0 Å². The number of hydrogen-bond donors (Lipinski definition) is 1. The van der Waals surface area contributed by atoms with Crippen LogP contribution in [0.2, 0.25) is 0 Å². The molecule has 0 bridgehead atoms. The second kappa shape index (κ2) is 11.8. The largest absolute Gasteiger partial charge is 0.399 e. The molecule has 0 aliphatic carbocycles. The molecule has 0 aliphatic heterocycles. The Kier molecular flexibility index (Phi) is 10.4. The van der Waals surface area contributed by atoms with Gasteiger partial charge >= 0.3 is 0 Å². The van der Waals surface area contributed by atoms with Crippen LogP contribution in [0.4, 0.5) is 5.69 Å². The lowest BCUT2D eigenvalue weighted by atomic mass is 10.1. The van der Waals surface area contributed by atoms with E-state index in [2.05, 4.69) is 18.7 Å². The molecule has 20 heavy (non-hydrogen) atoms. The summed E-state index contributed by atoms with van der Waals surface area (Å²) in [5.74, 6) is 0. The maximum absolute atomic E-state index is 5.62. The standard InChI is InChI=1S/C10H9N.C7H10.C2H6/c11-10-6-5-8-3-1-2-4-9(8)7-10;1-3-5-7-6-4-2;1-2/h1-7H,11H2;3-7H,1H2,2H3;1-2H3/b;6-4-,7-5-;. The van der Waals surface area contributed by atoms with Crippen molar-refractivity contribution in [3.63, 3.8) is 0 Å². The Balaban J connectivity index is 0.000000352. The van der Waals surface area contributed by atoms with E-state index in [1.54, 1.807) is 6.08 Å². The van der Waals surface area contributed by atoms with Crippen molar-refractivity contribution in [1.82, 2.24) is 0 Å². The Morgan fingerprint density at radius 3 is 2.15 bits per heavy atom. The number of fused-ring (bicyclic) bond motifs is 1. The molecule has 0 unspecified atom stereocenters. The van der Waals surface area contributed by atoms with Crippen molar-refractivity contribution < 1.29 is 0 Å². The minimum atomic E-state index is 0.823. The van der Waals surface area contributed by atoms with E-state index in [0.29, 0.717) is 0 Å². The van der Waals surface area contributed by atoms with Gasteiger partial charge in [0.05, 0.1) is 0 Å². The molecule has 2 N–H and O–H groups in total. The van der Waals surface area contributed by atoms with Gasteiger partial charge in [0.1, 0.15) is 0 Å². The van der Waals surface area contributed by atoms with Crippen LogP contribution in [0.1, 0.15) is 20.8 Å². The van der Waals surface area contributed by atoms with Crippen molar-refractivity contribution >= 4 is 16.5 Å². The van der Waals surface area contributed by atoms with Crippen LogP contribution in [-0.4, -0.2) is 0 Å². The molecule has 106 valence electrons. The lowest BCUT2D eigenvalue weighted by Gasteiger charge is -1.96. The first-order chi connectivity index (χ1) is 9.77. The molecule has 2 rings (SSSR count). The number of nitrogen functional groups attached to an aromatic ring is 1. The average molecular weight is 267 g/mol. The maximum Gasteiger partial charge on any atom is 0.0320 e. The fourth-order valence-electron chi connectivity index (χ4n) is 1.46. The number of allylic oxidation sites excluding steroid dienone is 5. The molecule has 0 spiro atoms. The molecule has 0 heterocycles. The van der Waals surface area contributed by atoms with Crippen LogP contribution in [0.5, 0.6) is 0 Å². The number of benzene rings is 2. The molecule has 1 heteroatoms. The predicted molar refractivity (Wildman–Crippen MR) is 93.9 cm³/mol. The molecule has 0 radical (unpaired) electrons. The fraction of sp³-hybridized carbons (Fsp3) is 0.158. The Hall–Kier alpha value is -2.28. The number of hydrogen-bond acceptors (Lipinski definition) is 1. The first-order valence-corrected chi connectivity index (χ1v) is 6.92. The van der Waals surface area contributed by atoms with Crippen molar-refractivity contribution in [3.8, 4) is 0 Å². The van der Waals surface area contributed by atoms with Gasteiger partial charge in [-0.05, 0) is 29.8 Å². The third-order valence-corrected chi connectivity index (χ3v) is 2.32. The van der Waals surface area contributed by atoms with Crippen molar-refractivity contribution in [2.75, 3.05) is 5.73 Å². The van der Waals surface area contributed by atoms with E-state index in [1.807, 2.05) is 75.4 Å². The highest BCUT2D eigenvalue weighted by Crippen LogP contribution is 2.15. The fourth-order valence-corrected chi connectivity index (χ4v) is 1.46. The monoisotopic (exact) mass is 267 g/mol. The zero-order chi connectivity index (χ0) is 15.2. The van der Waals surface area contributed by atoms with Gasteiger partial charge < -0.3 is 5.73 Å². The number of nitrogens with two attached hydrogens (primary N) is 1. The molecule has 1 nitrogen and oxygen atoms in total. The van der Waals surface area contributed by atoms with Crippen molar-refractivity contribution in [2.45, 2.75) is 20.8 Å². The summed E-state index contributed by atoms with van der Waals surface area (Å²) in [5, 5.41) is 2.44. The minimum Gasteiger partial charge on any atom is -0.399 e. The summed E-state index contributed by atoms with van der Waals surface area (Å²) < 4.78 is 0. The molecule has 0 fully saturated rings. The average Bonchev–Trinajstić information content (AvgIpc) is 2.50. The van der Waals surface area contributed by atoms with E-state index in [-0.39, 0.29) is 0 Å². The maximum atomic E-state index is 5.62. The SMILES string of the molecule is C=C/C=C\C=C/C.CC.Nc1ccc2ccccc2c1. The Morgan fingerprint density at radius 1 is 0.900 bits per heavy atom. The summed E-state index contributed by atoms with van der Waals surface area (Å²) in [4.78, 5) is 0. The molecule has 0 saturated heterocycles. The first-order valence-electron chi connectivity index (χ1n) is 6.92. The lowest BCUT2D eigenvalue weighted by Crippen LogP contribution is -1.82. The number of anilines is 1. The van der Waals surface area contributed by atoms with Crippen LogP contribution in [-0.2, 0) is 0 Å². The molecule has 2 aromatic carbocycles. The van der Waals surface area contributed by atoms with Crippen molar-refractivity contribution in [3.05, 3.63) is 79.4 Å². The third-order valence-electron chi connectivity index (χ3n) is 2.32. The van der Waals surface area contributed by atoms with E-state index in [0.717, 1.165) is 5.69 Å². The van der Waals surface area contributed by atoms with E-state index >= 15 is 0 Å². The second-order valence-electron chi connectivity index (χ2n) is 3.75. The molecule has 2 aromatic rings. The molecule has 0 aliphatic rings. The summed E-state index contributed by atoms with van der Waals surface area (Å²) >= 11 is 0. The highest BCUT2D eigenvalue weighted by molar-refractivity contribution is 5.85. The first kappa shape index (κ1) is 17.7. The smallest absolute Gasteiger partial charge is 0.0320 e. The zero-order valence-electron chi connectivity index (χ0n) is 12.7. The van der Waals surface area contributed by atoms with Crippen LogP contribution >= 0.6 is 0 Å². The highest BCUT2D eigenvalue weighted by atomic mass is 14.5. The Bertz CT molecular complexity index is 550. The van der Waals surface area contributed by atoms with Gasteiger partial charge in [0.25, 0.3) is 0 Å². The van der Waals surface area contributed by atoms with E-state index in [4.69, 9.17) is 5.73 Å². The van der Waals surface area contributed by atoms with Crippen LogP contribution in [0, 0.1) is 0 Å². The third kappa shape index (κ3) is 7.22. The molecule has 0 saturated carbocycles. The quantitative estimate of drug-likeness (QED) is 0.544. The molecular formula is C19H25N. The Labute approximate surface area is 123 Å². The topological polar surface area (TPSA) is 26.0 Å². The highest BCUT2D eigenvalue weighted by Gasteiger charge is 1.89. The summed E-state index contributed by atoms with van der Waals surface area (Å²) in [5.41, 5.74) is 6.45. The van der Waals surface area contributed by atoms with Gasteiger partial charge in [0.15, 0.2) is 0 Å². The van der Waals surface area contributed by atoms with Crippen LogP contribution in [0.15, 0.2) is 79.4 Å². The summed E-state index contributed by atoms with van der Waals surface area (Å²) in [6.45, 7) is 9.49. The van der Waals surface area contributed by atoms with Gasteiger partial charge in [-0.1, -0.05) is 81.1 Å². The summed E-state index contributed by atoms with van der Waals surface area (Å²) in [6, 6.07) is 14.1. The van der Waals surface area contributed by atoms with Crippen LogP contribution in [0.25, 0.3) is 10.8 Å². The molecular weight excluding hydrogens is 242 g/mol. The van der Waals surface area contributed by atoms with Crippen LogP contribution < -0.4 is 5.73 Å². The second-order valence-corrected chi connectivity index (χ2v) is 3.75. The van der Waals surface area contributed by atoms with Gasteiger partial charge in [-0.2, -0.15) is 0 Å².